The van der Waals surface area contributed by atoms with E-state index in [1.165, 1.54) is 0 Å². The molecule has 1 aliphatic rings. The van der Waals surface area contributed by atoms with Crippen molar-refractivity contribution >= 4 is 28.3 Å². The maximum atomic E-state index is 12.6. The Kier molecular flexibility index (Phi) is 5.00. The Morgan fingerprint density at radius 1 is 1.04 bits per heavy atom. The van der Waals surface area contributed by atoms with Gasteiger partial charge in [-0.3, -0.25) is 9.69 Å². The molecule has 2 heterocycles. The average Bonchev–Trinajstić information content (AvgIpc) is 2.69. The number of Topliss-reactive ketones (excluding diaryl/α,β-unsaturated/α-hetero) is 1. The summed E-state index contributed by atoms with van der Waals surface area (Å²) in [6.07, 6.45) is 1.79. The van der Waals surface area contributed by atoms with Crippen LogP contribution in [0.1, 0.15) is 28.8 Å². The molecule has 2 aromatic carbocycles. The Hall–Kier alpha value is -2.23. The molecule has 1 saturated heterocycles. The summed E-state index contributed by atoms with van der Waals surface area (Å²) in [7, 11) is 0. The number of rotatable bonds is 4. The van der Waals surface area contributed by atoms with Gasteiger partial charge < -0.3 is 0 Å². The van der Waals surface area contributed by atoms with Gasteiger partial charge in [-0.1, -0.05) is 60.1 Å². The topological polar surface area (TPSA) is 33.2 Å². The van der Waals surface area contributed by atoms with Crippen LogP contribution in [0.3, 0.4) is 0 Å². The first-order chi connectivity index (χ1) is 12.7. The number of nitrogens with zero attached hydrogens (tertiary/aromatic N) is 2. The van der Waals surface area contributed by atoms with Gasteiger partial charge in [0.1, 0.15) is 5.15 Å². The third-order valence-electron chi connectivity index (χ3n) is 5.16. The van der Waals surface area contributed by atoms with Gasteiger partial charge in [-0.2, -0.15) is 0 Å². The monoisotopic (exact) mass is 364 g/mol. The Balaban J connectivity index is 1.41. The predicted octanol–water partition coefficient (Wildman–Crippen LogP) is 4.98. The molecule has 26 heavy (non-hydrogen) atoms. The minimum absolute atomic E-state index is 0.124. The molecule has 3 aromatic rings. The molecule has 0 amide bonds. The van der Waals surface area contributed by atoms with E-state index in [0.29, 0.717) is 5.15 Å². The van der Waals surface area contributed by atoms with Crippen LogP contribution in [0.15, 0.2) is 60.7 Å². The summed E-state index contributed by atoms with van der Waals surface area (Å²) in [6, 6.07) is 19.8. The second-order valence-corrected chi connectivity index (χ2v) is 7.27. The summed E-state index contributed by atoms with van der Waals surface area (Å²) in [6.45, 7) is 2.60. The zero-order valence-electron chi connectivity index (χ0n) is 14.6. The summed E-state index contributed by atoms with van der Waals surface area (Å²) >= 11 is 6.39. The fourth-order valence-corrected chi connectivity index (χ4v) is 3.88. The lowest BCUT2D eigenvalue weighted by molar-refractivity contribution is 0.0835. The number of halogens is 1. The molecule has 1 aromatic heterocycles. The van der Waals surface area contributed by atoms with Gasteiger partial charge in [0.15, 0.2) is 5.78 Å². The first-order valence-corrected chi connectivity index (χ1v) is 9.44. The van der Waals surface area contributed by atoms with E-state index in [4.69, 9.17) is 11.6 Å². The van der Waals surface area contributed by atoms with Crippen molar-refractivity contribution in [1.29, 1.82) is 0 Å². The summed E-state index contributed by atoms with van der Waals surface area (Å²) in [5.74, 6) is 0.398. The quantitative estimate of drug-likeness (QED) is 0.483. The highest BCUT2D eigenvalue weighted by Gasteiger charge is 2.26. The number of hydrogen-bond acceptors (Lipinski definition) is 3. The van der Waals surface area contributed by atoms with Crippen molar-refractivity contribution < 1.29 is 4.79 Å². The van der Waals surface area contributed by atoms with Crippen LogP contribution in [0.5, 0.6) is 0 Å². The second kappa shape index (κ2) is 7.56. The van der Waals surface area contributed by atoms with Crippen LogP contribution in [0.25, 0.3) is 10.9 Å². The summed E-state index contributed by atoms with van der Waals surface area (Å²) < 4.78 is 0. The molecule has 3 nitrogen and oxygen atoms in total. The summed E-state index contributed by atoms with van der Waals surface area (Å²) in [5.41, 5.74) is 2.80. The van der Waals surface area contributed by atoms with Crippen LogP contribution in [0.2, 0.25) is 5.15 Å². The number of ketones is 1. The van der Waals surface area contributed by atoms with E-state index in [-0.39, 0.29) is 11.7 Å². The largest absolute Gasteiger partial charge is 0.299 e. The fraction of sp³-hybridized carbons (Fsp3) is 0.273. The number of piperidine rings is 1. The minimum atomic E-state index is 0.124. The molecule has 4 rings (SSSR count). The summed E-state index contributed by atoms with van der Waals surface area (Å²) in [4.78, 5) is 19.5. The van der Waals surface area contributed by atoms with E-state index in [9.17, 15) is 4.79 Å². The van der Waals surface area contributed by atoms with Crippen LogP contribution in [0.4, 0.5) is 0 Å². The number of benzene rings is 2. The lowest BCUT2D eigenvalue weighted by atomic mass is 9.89. The Morgan fingerprint density at radius 2 is 1.73 bits per heavy atom. The third kappa shape index (κ3) is 3.64. The van der Waals surface area contributed by atoms with Crippen molar-refractivity contribution in [2.75, 3.05) is 13.1 Å². The molecule has 0 unspecified atom stereocenters. The Labute approximate surface area is 158 Å². The number of para-hydroxylation sites is 1. The van der Waals surface area contributed by atoms with Crippen LogP contribution in [-0.2, 0) is 6.54 Å². The molecule has 0 N–H and O–H groups in total. The van der Waals surface area contributed by atoms with Crippen molar-refractivity contribution in [3.8, 4) is 0 Å². The lowest BCUT2D eigenvalue weighted by Crippen LogP contribution is -2.36. The van der Waals surface area contributed by atoms with Crippen molar-refractivity contribution in [3.05, 3.63) is 76.9 Å². The molecular weight excluding hydrogens is 344 g/mol. The van der Waals surface area contributed by atoms with Crippen LogP contribution in [-0.4, -0.2) is 28.8 Å². The van der Waals surface area contributed by atoms with Gasteiger partial charge in [0.05, 0.1) is 5.52 Å². The highest BCUT2D eigenvalue weighted by Crippen LogP contribution is 2.26. The van der Waals surface area contributed by atoms with Gasteiger partial charge in [0.2, 0.25) is 0 Å². The van der Waals surface area contributed by atoms with Crippen molar-refractivity contribution in [3.63, 3.8) is 0 Å². The number of aromatic nitrogens is 1. The maximum Gasteiger partial charge on any atom is 0.166 e. The van der Waals surface area contributed by atoms with E-state index in [1.807, 2.05) is 48.5 Å². The fourth-order valence-electron chi connectivity index (χ4n) is 3.68. The molecule has 0 atom stereocenters. The number of carbonyl (C=O) groups excluding carboxylic acids is 1. The normalized spacial score (nSPS) is 16.0. The molecule has 0 aliphatic carbocycles. The van der Waals surface area contributed by atoms with E-state index in [0.717, 1.165) is 54.5 Å². The van der Waals surface area contributed by atoms with E-state index < -0.39 is 0 Å². The van der Waals surface area contributed by atoms with Crippen molar-refractivity contribution in [1.82, 2.24) is 9.88 Å². The number of carbonyl (C=O) groups is 1. The second-order valence-electron chi connectivity index (χ2n) is 6.91. The van der Waals surface area contributed by atoms with Gasteiger partial charge in [0.25, 0.3) is 0 Å². The molecule has 0 bridgehead atoms. The van der Waals surface area contributed by atoms with Gasteiger partial charge in [-0.25, -0.2) is 4.98 Å². The van der Waals surface area contributed by atoms with Crippen LogP contribution >= 0.6 is 11.6 Å². The first kappa shape index (κ1) is 17.2. The van der Waals surface area contributed by atoms with Crippen LogP contribution < -0.4 is 0 Å². The third-order valence-corrected chi connectivity index (χ3v) is 5.49. The predicted molar refractivity (Wildman–Crippen MR) is 106 cm³/mol. The number of hydrogen-bond donors (Lipinski definition) is 0. The SMILES string of the molecule is O=C(c1ccccc1)C1CCN(Cc2cc3ccccc3nc2Cl)CC1. The van der Waals surface area contributed by atoms with E-state index >= 15 is 0 Å². The van der Waals surface area contributed by atoms with E-state index in [2.05, 4.69) is 22.0 Å². The zero-order chi connectivity index (χ0) is 17.9. The Bertz CT molecular complexity index is 918. The molecule has 132 valence electrons. The van der Waals surface area contributed by atoms with Gasteiger partial charge in [-0.15, -0.1) is 0 Å². The number of likely N-dealkylation sites (tertiary alicyclic amines) is 1. The molecule has 0 saturated carbocycles. The molecular formula is C22H21ClN2O. The highest BCUT2D eigenvalue weighted by molar-refractivity contribution is 6.30. The van der Waals surface area contributed by atoms with E-state index in [1.54, 1.807) is 0 Å². The number of fused-ring (bicyclic) bond motifs is 1. The van der Waals surface area contributed by atoms with Crippen LogP contribution in [0, 0.1) is 5.92 Å². The summed E-state index contributed by atoms with van der Waals surface area (Å²) in [5, 5.41) is 1.69. The Morgan fingerprint density at radius 3 is 2.50 bits per heavy atom. The standard InChI is InChI=1S/C22H21ClN2O/c23-22-19(14-18-8-4-5-9-20(18)24-22)15-25-12-10-17(11-13-25)21(26)16-6-2-1-3-7-16/h1-9,14,17H,10-13,15H2. The maximum absolute atomic E-state index is 12.6. The molecule has 1 aliphatic heterocycles. The smallest absolute Gasteiger partial charge is 0.166 e. The van der Waals surface area contributed by atoms with Crippen molar-refractivity contribution in [2.45, 2.75) is 19.4 Å². The number of pyridine rings is 1. The first-order valence-electron chi connectivity index (χ1n) is 9.06. The van der Waals surface area contributed by atoms with Gasteiger partial charge in [0, 0.05) is 29.0 Å². The molecule has 1 fully saturated rings. The molecule has 0 radical (unpaired) electrons. The van der Waals surface area contributed by atoms with Gasteiger partial charge >= 0.3 is 0 Å². The molecule has 0 spiro atoms. The lowest BCUT2D eigenvalue weighted by Gasteiger charge is -2.31. The minimum Gasteiger partial charge on any atom is -0.299 e. The molecule has 4 heteroatoms. The highest BCUT2D eigenvalue weighted by atomic mass is 35.5. The zero-order valence-corrected chi connectivity index (χ0v) is 15.3. The van der Waals surface area contributed by atoms with Crippen molar-refractivity contribution in [2.24, 2.45) is 5.92 Å². The van der Waals surface area contributed by atoms with Gasteiger partial charge in [-0.05, 0) is 38.1 Å². The average molecular weight is 365 g/mol.